The maximum Gasteiger partial charge on any atom is 0.258 e. The third-order valence-electron chi connectivity index (χ3n) is 5.22. The van der Waals surface area contributed by atoms with Gasteiger partial charge in [-0.1, -0.05) is 31.5 Å². The first-order valence-corrected chi connectivity index (χ1v) is 9.64. The molecule has 0 saturated carbocycles. The zero-order valence-corrected chi connectivity index (χ0v) is 15.9. The lowest BCUT2D eigenvalue weighted by Gasteiger charge is -2.35. The molecule has 6 heteroatoms. The van der Waals surface area contributed by atoms with Crippen molar-refractivity contribution < 1.29 is 9.53 Å². The molecule has 28 heavy (non-hydrogen) atoms. The van der Waals surface area contributed by atoms with E-state index in [0.717, 1.165) is 24.0 Å². The van der Waals surface area contributed by atoms with Crippen molar-refractivity contribution in [1.29, 1.82) is 0 Å². The lowest BCUT2D eigenvalue weighted by atomic mass is 10.0. The van der Waals surface area contributed by atoms with Gasteiger partial charge in [-0.25, -0.2) is 4.98 Å². The molecule has 2 heterocycles. The monoisotopic (exact) mass is 377 g/mol. The Hall–Kier alpha value is -2.99. The van der Waals surface area contributed by atoms with E-state index in [2.05, 4.69) is 16.9 Å². The number of benzene rings is 2. The molecule has 1 aliphatic rings. The molecular formula is C22H23N3O3. The maximum absolute atomic E-state index is 13.0. The molecule has 0 aliphatic carbocycles. The fourth-order valence-corrected chi connectivity index (χ4v) is 3.71. The van der Waals surface area contributed by atoms with Crippen LogP contribution in [0.4, 0.5) is 0 Å². The van der Waals surface area contributed by atoms with E-state index in [1.807, 2.05) is 47.4 Å². The number of hydrogen-bond donors (Lipinski definition) is 1. The molecule has 4 rings (SSSR count). The first kappa shape index (κ1) is 18.4. The summed E-state index contributed by atoms with van der Waals surface area (Å²) in [7, 11) is 0. The third kappa shape index (κ3) is 3.55. The van der Waals surface area contributed by atoms with Gasteiger partial charge in [-0.2, -0.15) is 0 Å². The summed E-state index contributed by atoms with van der Waals surface area (Å²) in [5.41, 5.74) is 3.04. The van der Waals surface area contributed by atoms with E-state index in [9.17, 15) is 9.59 Å². The third-order valence-corrected chi connectivity index (χ3v) is 5.22. The Balaban J connectivity index is 1.59. The van der Waals surface area contributed by atoms with Crippen LogP contribution in [-0.2, 0) is 4.74 Å². The van der Waals surface area contributed by atoms with Crippen molar-refractivity contribution in [2.75, 3.05) is 19.8 Å². The Morgan fingerprint density at radius 3 is 2.79 bits per heavy atom. The minimum absolute atomic E-state index is 0.0486. The molecule has 2 aromatic carbocycles. The lowest BCUT2D eigenvalue weighted by Crippen LogP contribution is -2.48. The number of nitrogens with zero attached hydrogens (tertiary/aromatic N) is 2. The van der Waals surface area contributed by atoms with Crippen LogP contribution in [0.15, 0.2) is 53.6 Å². The molecule has 0 bridgehead atoms. The van der Waals surface area contributed by atoms with Gasteiger partial charge in [0.05, 0.1) is 36.5 Å². The van der Waals surface area contributed by atoms with E-state index >= 15 is 0 Å². The van der Waals surface area contributed by atoms with Gasteiger partial charge in [-0.3, -0.25) is 9.59 Å². The number of carbonyl (C=O) groups is 1. The predicted molar refractivity (Wildman–Crippen MR) is 108 cm³/mol. The van der Waals surface area contributed by atoms with Crippen molar-refractivity contribution in [1.82, 2.24) is 14.9 Å². The molecule has 1 aromatic heterocycles. The Morgan fingerprint density at radius 2 is 2.00 bits per heavy atom. The molecular weight excluding hydrogens is 354 g/mol. The average molecular weight is 377 g/mol. The van der Waals surface area contributed by atoms with Gasteiger partial charge in [0.15, 0.2) is 0 Å². The van der Waals surface area contributed by atoms with Crippen LogP contribution in [0.5, 0.6) is 0 Å². The fourth-order valence-electron chi connectivity index (χ4n) is 3.71. The molecule has 0 radical (unpaired) electrons. The van der Waals surface area contributed by atoms with E-state index in [1.165, 1.54) is 6.33 Å². The van der Waals surface area contributed by atoms with E-state index in [4.69, 9.17) is 4.74 Å². The first-order valence-electron chi connectivity index (χ1n) is 9.64. The molecule has 1 atom stereocenters. The van der Waals surface area contributed by atoms with Crippen LogP contribution in [0.25, 0.3) is 22.0 Å². The molecule has 1 aliphatic heterocycles. The van der Waals surface area contributed by atoms with Gasteiger partial charge in [-0.15, -0.1) is 0 Å². The highest BCUT2D eigenvalue weighted by Gasteiger charge is 2.27. The molecule has 1 amide bonds. The second-order valence-electron chi connectivity index (χ2n) is 7.06. The molecule has 1 unspecified atom stereocenters. The van der Waals surface area contributed by atoms with Crippen LogP contribution >= 0.6 is 0 Å². The summed E-state index contributed by atoms with van der Waals surface area (Å²) in [5.74, 6) is 0.0486. The number of fused-ring (bicyclic) bond motifs is 1. The second-order valence-corrected chi connectivity index (χ2v) is 7.06. The van der Waals surface area contributed by atoms with Crippen LogP contribution < -0.4 is 5.56 Å². The molecule has 1 saturated heterocycles. The van der Waals surface area contributed by atoms with Crippen molar-refractivity contribution >= 4 is 16.8 Å². The summed E-state index contributed by atoms with van der Waals surface area (Å²) in [5, 5.41) is 0.552. The predicted octanol–water partition coefficient (Wildman–Crippen LogP) is 3.23. The molecule has 3 aromatic rings. The number of aromatic amines is 1. The Labute approximate surface area is 163 Å². The maximum atomic E-state index is 13.0. The molecule has 6 nitrogen and oxygen atoms in total. The van der Waals surface area contributed by atoms with E-state index in [0.29, 0.717) is 36.2 Å². The summed E-state index contributed by atoms with van der Waals surface area (Å²) in [4.78, 5) is 33.7. The van der Waals surface area contributed by atoms with Crippen molar-refractivity contribution in [2.24, 2.45) is 0 Å². The van der Waals surface area contributed by atoms with Gasteiger partial charge in [0.25, 0.3) is 11.5 Å². The second kappa shape index (κ2) is 7.94. The van der Waals surface area contributed by atoms with Crippen molar-refractivity contribution in [3.8, 4) is 11.1 Å². The number of amides is 1. The van der Waals surface area contributed by atoms with Gasteiger partial charge in [0.2, 0.25) is 0 Å². The standard InChI is InChI=1S/C22H23N3O3/c1-2-3-18-13-28-11-10-25(18)22(27)16-6-4-15(5-7-16)17-8-9-20-19(12-17)21(26)24-14-23-20/h4-9,12,14,18H,2-3,10-11,13H2,1H3,(H,23,24,26). The minimum Gasteiger partial charge on any atom is -0.377 e. The number of carbonyl (C=O) groups excluding carboxylic acids is 1. The van der Waals surface area contributed by atoms with Gasteiger partial charge >= 0.3 is 0 Å². The molecule has 144 valence electrons. The Morgan fingerprint density at radius 1 is 1.21 bits per heavy atom. The summed E-state index contributed by atoms with van der Waals surface area (Å²) >= 11 is 0. The zero-order chi connectivity index (χ0) is 19.5. The highest BCUT2D eigenvalue weighted by molar-refractivity contribution is 5.95. The minimum atomic E-state index is -0.159. The number of hydrogen-bond acceptors (Lipinski definition) is 4. The number of rotatable bonds is 4. The number of H-pyrrole nitrogens is 1. The van der Waals surface area contributed by atoms with Crippen LogP contribution in [0, 0.1) is 0 Å². The largest absolute Gasteiger partial charge is 0.377 e. The highest BCUT2D eigenvalue weighted by atomic mass is 16.5. The van der Waals surface area contributed by atoms with Crippen LogP contribution in [0.1, 0.15) is 30.1 Å². The van der Waals surface area contributed by atoms with Crippen molar-refractivity contribution in [3.63, 3.8) is 0 Å². The lowest BCUT2D eigenvalue weighted by molar-refractivity contribution is -0.00433. The van der Waals surface area contributed by atoms with E-state index in [1.54, 1.807) is 0 Å². The molecule has 1 fully saturated rings. The zero-order valence-electron chi connectivity index (χ0n) is 15.9. The van der Waals surface area contributed by atoms with Crippen LogP contribution in [0.2, 0.25) is 0 Å². The number of aromatic nitrogens is 2. The van der Waals surface area contributed by atoms with Crippen molar-refractivity contribution in [3.05, 3.63) is 64.7 Å². The topological polar surface area (TPSA) is 75.3 Å². The van der Waals surface area contributed by atoms with Gasteiger partial charge in [-0.05, 0) is 41.8 Å². The van der Waals surface area contributed by atoms with E-state index in [-0.39, 0.29) is 17.5 Å². The van der Waals surface area contributed by atoms with E-state index < -0.39 is 0 Å². The van der Waals surface area contributed by atoms with Gasteiger partial charge in [0.1, 0.15) is 0 Å². The number of morpholine rings is 1. The Kier molecular flexibility index (Phi) is 5.21. The van der Waals surface area contributed by atoms with Crippen LogP contribution in [-0.4, -0.2) is 46.6 Å². The van der Waals surface area contributed by atoms with Crippen molar-refractivity contribution in [2.45, 2.75) is 25.8 Å². The number of ether oxygens (including phenoxy) is 1. The Bertz CT molecular complexity index is 1040. The summed E-state index contributed by atoms with van der Waals surface area (Å²) in [6, 6.07) is 13.3. The number of nitrogens with one attached hydrogen (secondary N) is 1. The summed E-state index contributed by atoms with van der Waals surface area (Å²) < 4.78 is 5.55. The summed E-state index contributed by atoms with van der Waals surface area (Å²) in [6.45, 7) is 3.95. The normalized spacial score (nSPS) is 17.0. The average Bonchev–Trinajstić information content (AvgIpc) is 2.74. The summed E-state index contributed by atoms with van der Waals surface area (Å²) in [6.07, 6.45) is 3.37. The van der Waals surface area contributed by atoms with Gasteiger partial charge in [0, 0.05) is 12.1 Å². The van der Waals surface area contributed by atoms with Gasteiger partial charge < -0.3 is 14.6 Å². The van der Waals surface area contributed by atoms with Crippen LogP contribution in [0.3, 0.4) is 0 Å². The molecule has 0 spiro atoms. The SMILES string of the molecule is CCCC1COCCN1C(=O)c1ccc(-c2ccc3nc[nH]c(=O)c3c2)cc1. The first-order chi connectivity index (χ1) is 13.7. The smallest absolute Gasteiger partial charge is 0.258 e. The fraction of sp³-hybridized carbons (Fsp3) is 0.318. The quantitative estimate of drug-likeness (QED) is 0.757. The molecule has 1 N–H and O–H groups in total. The highest BCUT2D eigenvalue weighted by Crippen LogP contribution is 2.24.